The number of hydrogen-bond donors (Lipinski definition) is 0. The fourth-order valence-corrected chi connectivity index (χ4v) is 7.25. The summed E-state index contributed by atoms with van der Waals surface area (Å²) in [6.07, 6.45) is 9.37. The van der Waals surface area contributed by atoms with Gasteiger partial charge in [-0.05, 0) is 81.6 Å². The van der Waals surface area contributed by atoms with Gasteiger partial charge in [-0.2, -0.15) is 0 Å². The fourth-order valence-electron chi connectivity index (χ4n) is 7.25. The van der Waals surface area contributed by atoms with Gasteiger partial charge in [0.05, 0.1) is 22.6 Å². The molecule has 0 atom stereocenters. The van der Waals surface area contributed by atoms with Crippen LogP contribution in [0.5, 0.6) is 0 Å². The molecular weight excluding hydrogens is 637 g/mol. The van der Waals surface area contributed by atoms with Crippen molar-refractivity contribution < 1.29 is 0 Å². The Balaban J connectivity index is 1.17. The topological polar surface area (TPSA) is 60.9 Å². The highest BCUT2D eigenvalue weighted by molar-refractivity contribution is 6.11. The van der Waals surface area contributed by atoms with Crippen molar-refractivity contribution in [3.05, 3.63) is 183 Å². The average molecular weight is 667 g/mol. The molecule has 0 saturated heterocycles. The summed E-state index contributed by atoms with van der Waals surface area (Å²) in [5.41, 5.74) is 11.9. The van der Waals surface area contributed by atoms with Crippen molar-refractivity contribution in [1.82, 2.24) is 28.9 Å². The first-order valence-electron chi connectivity index (χ1n) is 17.3. The van der Waals surface area contributed by atoms with Crippen LogP contribution in [0.3, 0.4) is 0 Å². The van der Waals surface area contributed by atoms with E-state index >= 15 is 0 Å². The van der Waals surface area contributed by atoms with Crippen LogP contribution in [-0.4, -0.2) is 28.9 Å². The summed E-state index contributed by atoms with van der Waals surface area (Å²) < 4.78 is 4.28. The Bertz CT molecular complexity index is 2840. The molecule has 52 heavy (non-hydrogen) atoms. The van der Waals surface area contributed by atoms with Gasteiger partial charge in [-0.25, -0.2) is 15.0 Å². The van der Waals surface area contributed by atoms with Crippen molar-refractivity contribution in [1.29, 1.82) is 0 Å². The zero-order valence-corrected chi connectivity index (χ0v) is 28.0. The molecule has 0 saturated carbocycles. The second-order valence-electron chi connectivity index (χ2n) is 12.9. The molecule has 6 heteroatoms. The fraction of sp³-hybridized carbons (Fsp3) is 0. The van der Waals surface area contributed by atoms with Crippen molar-refractivity contribution in [3.63, 3.8) is 0 Å². The lowest BCUT2D eigenvalue weighted by molar-refractivity contribution is 1.05. The first kappa shape index (κ1) is 29.7. The maximum absolute atomic E-state index is 5.26. The summed E-state index contributed by atoms with van der Waals surface area (Å²) in [6, 6.07) is 53.5. The lowest BCUT2D eigenvalue weighted by Crippen LogP contribution is -2.01. The summed E-state index contributed by atoms with van der Waals surface area (Å²) in [7, 11) is 0. The Morgan fingerprint density at radius 1 is 0.462 bits per heavy atom. The van der Waals surface area contributed by atoms with Crippen LogP contribution in [0, 0.1) is 0 Å². The third kappa shape index (κ3) is 5.13. The molecule has 6 nitrogen and oxygen atoms in total. The summed E-state index contributed by atoms with van der Waals surface area (Å²) in [4.78, 5) is 18.6. The highest BCUT2D eigenvalue weighted by atomic mass is 15.1. The Kier molecular flexibility index (Phi) is 7.03. The van der Waals surface area contributed by atoms with Gasteiger partial charge in [0.25, 0.3) is 0 Å². The minimum Gasteiger partial charge on any atom is -0.293 e. The third-order valence-corrected chi connectivity index (χ3v) is 9.72. The molecule has 0 amide bonds. The first-order valence-corrected chi connectivity index (χ1v) is 17.3. The van der Waals surface area contributed by atoms with Crippen LogP contribution in [0.15, 0.2) is 183 Å². The van der Waals surface area contributed by atoms with Gasteiger partial charge in [0.2, 0.25) is 5.78 Å². The summed E-state index contributed by atoms with van der Waals surface area (Å²) in [5.74, 6) is 1.55. The van der Waals surface area contributed by atoms with Crippen molar-refractivity contribution in [2.45, 2.75) is 0 Å². The Morgan fingerprint density at radius 3 is 1.98 bits per heavy atom. The van der Waals surface area contributed by atoms with Gasteiger partial charge in [0, 0.05) is 53.1 Å². The second kappa shape index (κ2) is 12.3. The largest absolute Gasteiger partial charge is 0.293 e. The van der Waals surface area contributed by atoms with E-state index in [1.165, 1.54) is 16.3 Å². The van der Waals surface area contributed by atoms with Gasteiger partial charge in [0.15, 0.2) is 0 Å². The number of pyridine rings is 2. The molecule has 5 aromatic carbocycles. The number of aromatic nitrogens is 6. The molecule has 0 bridgehead atoms. The summed E-state index contributed by atoms with van der Waals surface area (Å²) in [6.45, 7) is 0. The lowest BCUT2D eigenvalue weighted by atomic mass is 9.95. The smallest absolute Gasteiger partial charge is 0.234 e. The highest BCUT2D eigenvalue weighted by Gasteiger charge is 2.23. The summed E-state index contributed by atoms with van der Waals surface area (Å²) in [5, 5.41) is 3.50. The predicted octanol–water partition coefficient (Wildman–Crippen LogP) is 11.0. The third-order valence-electron chi connectivity index (χ3n) is 9.72. The van der Waals surface area contributed by atoms with Gasteiger partial charge >= 0.3 is 0 Å². The number of fused-ring (bicyclic) bond motifs is 3. The molecule has 0 unspecified atom stereocenters. The molecule has 10 aromatic rings. The van der Waals surface area contributed by atoms with Gasteiger partial charge in [-0.3, -0.25) is 14.0 Å². The Hall–Kier alpha value is -7.18. The van der Waals surface area contributed by atoms with E-state index in [-0.39, 0.29) is 0 Å². The van der Waals surface area contributed by atoms with E-state index in [1.807, 2.05) is 47.4 Å². The number of benzene rings is 5. The molecule has 0 spiro atoms. The molecule has 0 radical (unpaired) electrons. The van der Waals surface area contributed by atoms with E-state index in [1.54, 1.807) is 6.20 Å². The maximum Gasteiger partial charge on any atom is 0.234 e. The molecule has 244 valence electrons. The first-order chi connectivity index (χ1) is 25.8. The van der Waals surface area contributed by atoms with Gasteiger partial charge in [-0.1, -0.05) is 103 Å². The molecule has 10 rings (SSSR count). The van der Waals surface area contributed by atoms with Crippen LogP contribution in [0.25, 0.3) is 89.3 Å². The minimum absolute atomic E-state index is 0.693. The zero-order valence-electron chi connectivity index (χ0n) is 28.0. The second-order valence-corrected chi connectivity index (χ2v) is 12.9. The van der Waals surface area contributed by atoms with Crippen LogP contribution < -0.4 is 0 Å². The number of rotatable bonds is 6. The SMILES string of the molecule is c1ccc(-c2c(-c3ccccc3)n(-c3cccc(-c4ccncc4)n3)c3cc4ccc(-c5ccc(-c6cn7cccnc7n6)cc5)cc4cc23)cc1. The van der Waals surface area contributed by atoms with Gasteiger partial charge < -0.3 is 0 Å². The van der Waals surface area contributed by atoms with Crippen molar-refractivity contribution in [3.8, 4) is 61.8 Å². The lowest BCUT2D eigenvalue weighted by Gasteiger charge is -2.14. The molecule has 0 fully saturated rings. The molecule has 5 aromatic heterocycles. The molecule has 0 N–H and O–H groups in total. The monoisotopic (exact) mass is 666 g/mol. The standard InChI is InChI=1S/C46H30N6/c1-3-9-34(10-4-1)44-39-28-38-27-36(31-15-17-32(18-16-31)41-30-51-26-8-23-48-46(51)50-41)19-20-37(38)29-42(39)52(45(44)35-11-5-2-6-12-35)43-14-7-13-40(49-43)33-21-24-47-25-22-33/h1-30H. The van der Waals surface area contributed by atoms with Crippen LogP contribution in [0.2, 0.25) is 0 Å². The molecular formula is C46H30N6. The Morgan fingerprint density at radius 2 is 1.19 bits per heavy atom. The number of nitrogens with zero attached hydrogens (tertiary/aromatic N) is 6. The minimum atomic E-state index is 0.693. The molecule has 0 aliphatic heterocycles. The molecule has 5 heterocycles. The normalized spacial score (nSPS) is 11.5. The van der Waals surface area contributed by atoms with Crippen molar-refractivity contribution >= 4 is 27.5 Å². The van der Waals surface area contributed by atoms with E-state index in [4.69, 9.17) is 9.97 Å². The van der Waals surface area contributed by atoms with Gasteiger partial charge in [0.1, 0.15) is 5.82 Å². The van der Waals surface area contributed by atoms with Crippen LogP contribution in [0.1, 0.15) is 0 Å². The van der Waals surface area contributed by atoms with E-state index in [0.717, 1.165) is 67.2 Å². The average Bonchev–Trinajstić information content (AvgIpc) is 3.80. The number of hydrogen-bond acceptors (Lipinski definition) is 4. The van der Waals surface area contributed by atoms with Crippen LogP contribution >= 0.6 is 0 Å². The molecule has 0 aliphatic rings. The molecule has 0 aliphatic carbocycles. The zero-order chi connectivity index (χ0) is 34.4. The van der Waals surface area contributed by atoms with E-state index in [0.29, 0.717) is 5.78 Å². The quantitative estimate of drug-likeness (QED) is 0.177. The predicted molar refractivity (Wildman–Crippen MR) is 210 cm³/mol. The van der Waals surface area contributed by atoms with Crippen molar-refractivity contribution in [2.24, 2.45) is 0 Å². The van der Waals surface area contributed by atoms with Crippen LogP contribution in [-0.2, 0) is 0 Å². The van der Waals surface area contributed by atoms with E-state index in [2.05, 4.69) is 148 Å². The number of imidazole rings is 1. The maximum atomic E-state index is 5.26. The van der Waals surface area contributed by atoms with Gasteiger partial charge in [-0.15, -0.1) is 0 Å². The van der Waals surface area contributed by atoms with E-state index < -0.39 is 0 Å². The van der Waals surface area contributed by atoms with Crippen molar-refractivity contribution in [2.75, 3.05) is 0 Å². The Labute approximate surface area is 300 Å². The highest BCUT2D eigenvalue weighted by Crippen LogP contribution is 2.44. The van der Waals surface area contributed by atoms with Crippen LogP contribution in [0.4, 0.5) is 0 Å². The summed E-state index contributed by atoms with van der Waals surface area (Å²) >= 11 is 0. The van der Waals surface area contributed by atoms with E-state index in [9.17, 15) is 0 Å².